The van der Waals surface area contributed by atoms with E-state index in [9.17, 15) is 4.57 Å². The molecule has 0 amide bonds. The normalized spacial score (nSPS) is 26.5. The van der Waals surface area contributed by atoms with Crippen LogP contribution in [0.25, 0.3) is 0 Å². The summed E-state index contributed by atoms with van der Waals surface area (Å²) in [5.41, 5.74) is 11.2. The van der Waals surface area contributed by atoms with Gasteiger partial charge in [0.2, 0.25) is 0 Å². The third-order valence-electron chi connectivity index (χ3n) is 6.76. The summed E-state index contributed by atoms with van der Waals surface area (Å²) in [6, 6.07) is 11.0. The van der Waals surface area contributed by atoms with Crippen LogP contribution in [0.3, 0.4) is 0 Å². The Kier molecular flexibility index (Phi) is 6.42. The molecule has 0 radical (unpaired) electrons. The quantitative estimate of drug-likeness (QED) is 0.576. The Morgan fingerprint density at radius 3 is 2.87 bits per heavy atom. The van der Waals surface area contributed by atoms with Crippen LogP contribution in [-0.4, -0.2) is 26.9 Å². The van der Waals surface area contributed by atoms with E-state index in [-0.39, 0.29) is 6.61 Å². The van der Waals surface area contributed by atoms with E-state index in [1.807, 2.05) is 18.5 Å². The SMILES string of the molecule is N[C@]1(COP(=O)(O)O)CC[C@H](c2ccc3c(c2)CC[C@@H](CCc2cccnc2)C3)C1. The van der Waals surface area contributed by atoms with Crippen molar-refractivity contribution in [2.75, 3.05) is 6.61 Å². The van der Waals surface area contributed by atoms with Crippen molar-refractivity contribution in [1.29, 1.82) is 0 Å². The minimum absolute atomic E-state index is 0.0999. The zero-order valence-electron chi connectivity index (χ0n) is 17.2. The van der Waals surface area contributed by atoms with Crippen LogP contribution in [0.5, 0.6) is 0 Å². The first kappa shape index (κ1) is 21.7. The third kappa shape index (κ3) is 5.57. The fourth-order valence-electron chi connectivity index (χ4n) is 5.05. The topological polar surface area (TPSA) is 106 Å². The Morgan fingerprint density at radius 2 is 2.10 bits per heavy atom. The van der Waals surface area contributed by atoms with Crippen molar-refractivity contribution in [1.82, 2.24) is 4.98 Å². The lowest BCUT2D eigenvalue weighted by atomic mass is 9.79. The van der Waals surface area contributed by atoms with Gasteiger partial charge in [-0.25, -0.2) is 4.57 Å². The molecular weight excluding hydrogens is 399 g/mol. The Bertz CT molecular complexity index is 917. The summed E-state index contributed by atoms with van der Waals surface area (Å²) >= 11 is 0. The summed E-state index contributed by atoms with van der Waals surface area (Å²) in [6.45, 7) is -0.0999. The lowest BCUT2D eigenvalue weighted by Gasteiger charge is -2.27. The van der Waals surface area contributed by atoms with Crippen LogP contribution in [0.4, 0.5) is 0 Å². The maximum Gasteiger partial charge on any atom is 0.469 e. The molecule has 0 spiro atoms. The number of nitrogens with two attached hydrogens (primary N) is 1. The van der Waals surface area contributed by atoms with E-state index in [4.69, 9.17) is 20.0 Å². The number of nitrogens with zero attached hydrogens (tertiary/aromatic N) is 1. The number of hydrogen-bond acceptors (Lipinski definition) is 4. The first-order valence-electron chi connectivity index (χ1n) is 10.8. The number of aromatic nitrogens is 1. The molecule has 2 aliphatic carbocycles. The van der Waals surface area contributed by atoms with Crippen molar-refractivity contribution in [3.63, 3.8) is 0 Å². The molecule has 1 heterocycles. The molecule has 162 valence electrons. The molecule has 0 aliphatic heterocycles. The maximum absolute atomic E-state index is 11.0. The molecule has 4 N–H and O–H groups in total. The van der Waals surface area contributed by atoms with Gasteiger partial charge in [0.05, 0.1) is 6.61 Å². The molecule has 3 atom stereocenters. The number of fused-ring (bicyclic) bond motifs is 1. The van der Waals surface area contributed by atoms with Crippen LogP contribution in [0.1, 0.15) is 60.3 Å². The number of aryl methyl sites for hydroxylation is 2. The highest BCUT2D eigenvalue weighted by atomic mass is 31.2. The first-order chi connectivity index (χ1) is 14.3. The fourth-order valence-corrected chi connectivity index (χ4v) is 5.48. The average Bonchev–Trinajstić information content (AvgIpc) is 3.13. The summed E-state index contributed by atoms with van der Waals surface area (Å²) in [7, 11) is -4.48. The molecule has 0 saturated heterocycles. The van der Waals surface area contributed by atoms with Gasteiger partial charge in [-0.15, -0.1) is 0 Å². The highest BCUT2D eigenvalue weighted by Gasteiger charge is 2.38. The Hall–Kier alpha value is -1.56. The molecule has 6 nitrogen and oxygen atoms in total. The van der Waals surface area contributed by atoms with Gasteiger partial charge >= 0.3 is 7.82 Å². The molecular formula is C23H31N2O4P. The van der Waals surface area contributed by atoms with Gasteiger partial charge in [-0.05, 0) is 91.5 Å². The number of rotatable bonds is 7. The zero-order valence-corrected chi connectivity index (χ0v) is 18.1. The van der Waals surface area contributed by atoms with Crippen LogP contribution in [0, 0.1) is 5.92 Å². The predicted octanol–water partition coefficient (Wildman–Crippen LogP) is 3.89. The summed E-state index contributed by atoms with van der Waals surface area (Å²) in [5, 5.41) is 0. The largest absolute Gasteiger partial charge is 0.469 e. The van der Waals surface area contributed by atoms with Gasteiger partial charge in [-0.2, -0.15) is 0 Å². The second kappa shape index (κ2) is 8.89. The van der Waals surface area contributed by atoms with Gasteiger partial charge in [0.15, 0.2) is 0 Å². The molecule has 0 unspecified atom stereocenters. The number of phosphoric ester groups is 1. The molecule has 1 aromatic heterocycles. The van der Waals surface area contributed by atoms with Gasteiger partial charge in [-0.1, -0.05) is 24.3 Å². The number of phosphoric acid groups is 1. The van der Waals surface area contributed by atoms with Crippen molar-refractivity contribution in [2.24, 2.45) is 11.7 Å². The van der Waals surface area contributed by atoms with Gasteiger partial charge in [0, 0.05) is 17.9 Å². The van der Waals surface area contributed by atoms with Gasteiger partial charge in [0.1, 0.15) is 0 Å². The highest BCUT2D eigenvalue weighted by Crippen LogP contribution is 2.44. The van der Waals surface area contributed by atoms with Crippen molar-refractivity contribution in [3.05, 3.63) is 65.0 Å². The fraction of sp³-hybridized carbons (Fsp3) is 0.522. The first-order valence-corrected chi connectivity index (χ1v) is 12.3. The van der Waals surface area contributed by atoms with Crippen molar-refractivity contribution in [3.8, 4) is 0 Å². The number of hydrogen-bond donors (Lipinski definition) is 3. The molecule has 1 fully saturated rings. The van der Waals surface area contributed by atoms with Gasteiger partial charge in [0.25, 0.3) is 0 Å². The predicted molar refractivity (Wildman–Crippen MR) is 116 cm³/mol. The molecule has 7 heteroatoms. The lowest BCUT2D eigenvalue weighted by molar-refractivity contribution is 0.153. The number of benzene rings is 1. The molecule has 1 aromatic carbocycles. The Labute approximate surface area is 178 Å². The van der Waals surface area contributed by atoms with Crippen LogP contribution in [-0.2, 0) is 28.4 Å². The van der Waals surface area contributed by atoms with Gasteiger partial charge in [-0.3, -0.25) is 9.51 Å². The summed E-state index contributed by atoms with van der Waals surface area (Å²) in [4.78, 5) is 22.1. The lowest BCUT2D eigenvalue weighted by Crippen LogP contribution is -2.41. The molecule has 1 saturated carbocycles. The van der Waals surface area contributed by atoms with Crippen LogP contribution >= 0.6 is 7.82 Å². The molecule has 2 aliphatic rings. The minimum Gasteiger partial charge on any atom is -0.323 e. The maximum atomic E-state index is 11.0. The molecule has 0 bridgehead atoms. The summed E-state index contributed by atoms with van der Waals surface area (Å²) in [5.74, 6) is 1.04. The zero-order chi connectivity index (χ0) is 21.2. The average molecular weight is 430 g/mol. The Balaban J connectivity index is 1.34. The monoisotopic (exact) mass is 430 g/mol. The van der Waals surface area contributed by atoms with Crippen LogP contribution in [0.15, 0.2) is 42.7 Å². The summed E-state index contributed by atoms with van der Waals surface area (Å²) in [6.07, 6.45) is 11.9. The van der Waals surface area contributed by atoms with E-state index >= 15 is 0 Å². The van der Waals surface area contributed by atoms with E-state index in [1.54, 1.807) is 0 Å². The van der Waals surface area contributed by atoms with Crippen molar-refractivity contribution < 1.29 is 18.9 Å². The number of pyridine rings is 1. The molecule has 2 aromatic rings. The van der Waals surface area contributed by atoms with E-state index in [2.05, 4.69) is 29.2 Å². The second-order valence-corrected chi connectivity index (χ2v) is 10.3. The smallest absolute Gasteiger partial charge is 0.323 e. The van der Waals surface area contributed by atoms with Crippen molar-refractivity contribution in [2.45, 2.75) is 62.8 Å². The van der Waals surface area contributed by atoms with Crippen LogP contribution < -0.4 is 5.73 Å². The minimum atomic E-state index is -4.48. The van der Waals surface area contributed by atoms with E-state index in [0.29, 0.717) is 18.8 Å². The Morgan fingerprint density at radius 1 is 1.23 bits per heavy atom. The highest BCUT2D eigenvalue weighted by molar-refractivity contribution is 7.46. The standard InChI is InChI=1S/C23H31N2O4P/c24-23(16-29-30(26,27)28)10-9-22(14-23)21-8-7-19-12-17(5-6-20(19)13-21)3-4-18-2-1-11-25-15-18/h1-2,7-8,11,13,15,17,22H,3-6,9-10,12,14,16,24H2,(H2,26,27,28)/t17-,22+,23-/m1/s1. The molecule has 4 rings (SSSR count). The van der Waals surface area contributed by atoms with Crippen LogP contribution in [0.2, 0.25) is 0 Å². The third-order valence-corrected chi connectivity index (χ3v) is 7.23. The molecule has 30 heavy (non-hydrogen) atoms. The van der Waals surface area contributed by atoms with E-state index < -0.39 is 13.4 Å². The summed E-state index contributed by atoms with van der Waals surface area (Å²) < 4.78 is 15.7. The van der Waals surface area contributed by atoms with E-state index in [0.717, 1.165) is 31.6 Å². The van der Waals surface area contributed by atoms with Crippen molar-refractivity contribution >= 4 is 7.82 Å². The second-order valence-electron chi connectivity index (χ2n) is 9.10. The van der Waals surface area contributed by atoms with Gasteiger partial charge < -0.3 is 15.5 Å². The van der Waals surface area contributed by atoms with E-state index in [1.165, 1.54) is 35.1 Å².